The summed E-state index contributed by atoms with van der Waals surface area (Å²) in [6, 6.07) is 11.3. The van der Waals surface area contributed by atoms with Crippen molar-refractivity contribution in [3.05, 3.63) is 59.2 Å². The molecule has 1 fully saturated rings. The summed E-state index contributed by atoms with van der Waals surface area (Å²) in [6.45, 7) is 3.58. The summed E-state index contributed by atoms with van der Waals surface area (Å²) in [6.07, 6.45) is 3.11. The van der Waals surface area contributed by atoms with Gasteiger partial charge in [0.1, 0.15) is 11.5 Å². The SMILES string of the molecule is CCCCCOc1ccc(C2/C(=C(\O)c3ccc(OC)cc3)C(=O)C(=O)N2CCN(C)C)cc1OC. The standard InChI is InChI=1S/C28H36N2O6/c1-6-7-8-17-36-22-14-11-20(18-23(22)35-5)25-24(26(31)19-9-12-21(34-4)13-10-19)27(32)28(33)30(25)16-15-29(2)3/h9-14,18,25,31H,6-8,15-17H2,1-5H3/b26-24+. The van der Waals surface area contributed by atoms with Gasteiger partial charge in [-0.2, -0.15) is 0 Å². The number of ether oxygens (including phenoxy) is 3. The molecule has 0 aromatic heterocycles. The molecule has 1 atom stereocenters. The van der Waals surface area contributed by atoms with Crippen molar-refractivity contribution in [2.45, 2.75) is 32.2 Å². The van der Waals surface area contributed by atoms with Crippen LogP contribution in [0.3, 0.4) is 0 Å². The number of Topliss-reactive ketones (excluding diaryl/α,β-unsaturated/α-hetero) is 1. The van der Waals surface area contributed by atoms with Crippen LogP contribution in [0.1, 0.15) is 43.4 Å². The van der Waals surface area contributed by atoms with Crippen molar-refractivity contribution in [2.24, 2.45) is 0 Å². The number of hydrogen-bond donors (Lipinski definition) is 1. The van der Waals surface area contributed by atoms with Crippen LogP contribution in [-0.4, -0.2) is 74.6 Å². The van der Waals surface area contributed by atoms with Crippen LogP contribution in [0.15, 0.2) is 48.0 Å². The number of likely N-dealkylation sites (tertiary alicyclic amines) is 1. The van der Waals surface area contributed by atoms with E-state index in [-0.39, 0.29) is 11.3 Å². The van der Waals surface area contributed by atoms with Crippen LogP contribution in [0.25, 0.3) is 5.76 Å². The molecule has 0 aliphatic carbocycles. The molecule has 1 N–H and O–H groups in total. The van der Waals surface area contributed by atoms with Gasteiger partial charge in [-0.15, -0.1) is 0 Å². The number of methoxy groups -OCH3 is 2. The first-order chi connectivity index (χ1) is 17.3. The molecule has 3 rings (SSSR count). The highest BCUT2D eigenvalue weighted by molar-refractivity contribution is 6.46. The van der Waals surface area contributed by atoms with Gasteiger partial charge in [-0.25, -0.2) is 0 Å². The first-order valence-corrected chi connectivity index (χ1v) is 12.2. The molecule has 1 amide bonds. The lowest BCUT2D eigenvalue weighted by atomic mass is 9.95. The number of carbonyl (C=O) groups is 2. The third-order valence-corrected chi connectivity index (χ3v) is 6.20. The number of aliphatic hydroxyl groups excluding tert-OH is 1. The lowest BCUT2D eigenvalue weighted by molar-refractivity contribution is -0.140. The van der Waals surface area contributed by atoms with Crippen molar-refractivity contribution in [2.75, 3.05) is 48.0 Å². The van der Waals surface area contributed by atoms with Gasteiger partial charge in [0.25, 0.3) is 11.7 Å². The molecule has 0 saturated carbocycles. The average Bonchev–Trinajstić information content (AvgIpc) is 3.14. The number of rotatable bonds is 12. The molecule has 1 aliphatic heterocycles. The molecule has 1 unspecified atom stereocenters. The Balaban J connectivity index is 2.06. The average molecular weight is 497 g/mol. The smallest absolute Gasteiger partial charge is 0.295 e. The second kappa shape index (κ2) is 12.4. The number of nitrogens with zero attached hydrogens (tertiary/aromatic N) is 2. The fourth-order valence-corrected chi connectivity index (χ4v) is 4.18. The Bertz CT molecular complexity index is 1090. The van der Waals surface area contributed by atoms with Gasteiger partial charge in [-0.05, 0) is 62.5 Å². The number of ketones is 1. The monoisotopic (exact) mass is 496 g/mol. The predicted molar refractivity (Wildman–Crippen MR) is 139 cm³/mol. The number of likely N-dealkylation sites (N-methyl/N-ethyl adjacent to an activating group) is 1. The summed E-state index contributed by atoms with van der Waals surface area (Å²) in [7, 11) is 6.90. The summed E-state index contributed by atoms with van der Waals surface area (Å²) in [4.78, 5) is 29.8. The van der Waals surface area contributed by atoms with Gasteiger partial charge in [0.15, 0.2) is 11.5 Å². The Morgan fingerprint density at radius 3 is 2.33 bits per heavy atom. The van der Waals surface area contributed by atoms with Crippen LogP contribution < -0.4 is 14.2 Å². The van der Waals surface area contributed by atoms with Gasteiger partial charge in [-0.1, -0.05) is 25.8 Å². The molecule has 0 bridgehead atoms. The Morgan fingerprint density at radius 2 is 1.72 bits per heavy atom. The minimum absolute atomic E-state index is 0.0441. The number of aliphatic hydroxyl groups is 1. The van der Waals surface area contributed by atoms with Crippen molar-refractivity contribution in [1.82, 2.24) is 9.80 Å². The molecule has 1 heterocycles. The molecule has 0 radical (unpaired) electrons. The highest BCUT2D eigenvalue weighted by Crippen LogP contribution is 2.42. The predicted octanol–water partition coefficient (Wildman–Crippen LogP) is 4.26. The third-order valence-electron chi connectivity index (χ3n) is 6.20. The van der Waals surface area contributed by atoms with E-state index in [4.69, 9.17) is 14.2 Å². The van der Waals surface area contributed by atoms with Gasteiger partial charge >= 0.3 is 0 Å². The van der Waals surface area contributed by atoms with E-state index in [9.17, 15) is 14.7 Å². The van der Waals surface area contributed by atoms with Crippen LogP contribution in [0.2, 0.25) is 0 Å². The van der Waals surface area contributed by atoms with E-state index in [0.29, 0.717) is 48.1 Å². The van der Waals surface area contributed by atoms with Crippen LogP contribution in [0.4, 0.5) is 0 Å². The lowest BCUT2D eigenvalue weighted by Gasteiger charge is -2.27. The van der Waals surface area contributed by atoms with E-state index >= 15 is 0 Å². The maximum Gasteiger partial charge on any atom is 0.295 e. The van der Waals surface area contributed by atoms with Crippen molar-refractivity contribution in [3.8, 4) is 17.2 Å². The van der Waals surface area contributed by atoms with Crippen LogP contribution in [-0.2, 0) is 9.59 Å². The van der Waals surface area contributed by atoms with Crippen molar-refractivity contribution >= 4 is 17.4 Å². The molecule has 2 aromatic carbocycles. The van der Waals surface area contributed by atoms with E-state index in [1.54, 1.807) is 50.6 Å². The number of amides is 1. The molecular weight excluding hydrogens is 460 g/mol. The molecule has 194 valence electrons. The minimum atomic E-state index is -0.768. The Hall–Kier alpha value is -3.52. The zero-order valence-electron chi connectivity index (χ0n) is 21.7. The molecule has 8 heteroatoms. The van der Waals surface area contributed by atoms with Gasteiger partial charge in [0, 0.05) is 18.7 Å². The summed E-state index contributed by atoms with van der Waals surface area (Å²) >= 11 is 0. The summed E-state index contributed by atoms with van der Waals surface area (Å²) in [5.74, 6) is 0.132. The second-order valence-corrected chi connectivity index (χ2v) is 8.99. The molecule has 0 spiro atoms. The van der Waals surface area contributed by atoms with E-state index < -0.39 is 17.7 Å². The Kier molecular flexibility index (Phi) is 9.36. The van der Waals surface area contributed by atoms with Gasteiger partial charge in [0.05, 0.1) is 32.4 Å². The number of unbranched alkanes of at least 4 members (excludes halogenated alkanes) is 2. The molecular formula is C28H36N2O6. The normalized spacial score (nSPS) is 17.1. The fourth-order valence-electron chi connectivity index (χ4n) is 4.18. The van der Waals surface area contributed by atoms with E-state index in [2.05, 4.69) is 6.92 Å². The maximum atomic E-state index is 13.2. The molecule has 36 heavy (non-hydrogen) atoms. The summed E-state index contributed by atoms with van der Waals surface area (Å²) in [5.41, 5.74) is 1.12. The quantitative estimate of drug-likeness (QED) is 0.203. The molecule has 8 nitrogen and oxygen atoms in total. The van der Waals surface area contributed by atoms with Crippen molar-refractivity contribution in [3.63, 3.8) is 0 Å². The minimum Gasteiger partial charge on any atom is -0.507 e. The highest BCUT2D eigenvalue weighted by Gasteiger charge is 2.46. The zero-order chi connectivity index (χ0) is 26.2. The van der Waals surface area contributed by atoms with E-state index in [0.717, 1.165) is 19.3 Å². The van der Waals surface area contributed by atoms with Crippen molar-refractivity contribution < 1.29 is 28.9 Å². The van der Waals surface area contributed by atoms with Crippen molar-refractivity contribution in [1.29, 1.82) is 0 Å². The second-order valence-electron chi connectivity index (χ2n) is 8.99. The van der Waals surface area contributed by atoms with E-state index in [1.807, 2.05) is 25.1 Å². The first kappa shape index (κ1) is 27.1. The molecule has 2 aromatic rings. The number of benzene rings is 2. The van der Waals surface area contributed by atoms with Crippen LogP contribution >= 0.6 is 0 Å². The maximum absolute atomic E-state index is 13.2. The lowest BCUT2D eigenvalue weighted by Crippen LogP contribution is -2.35. The third kappa shape index (κ3) is 5.99. The topological polar surface area (TPSA) is 88.5 Å². The largest absolute Gasteiger partial charge is 0.507 e. The van der Waals surface area contributed by atoms with Gasteiger partial charge in [-0.3, -0.25) is 9.59 Å². The molecule has 1 aliphatic rings. The van der Waals surface area contributed by atoms with Gasteiger partial charge in [0.2, 0.25) is 0 Å². The van der Waals surface area contributed by atoms with Crippen LogP contribution in [0.5, 0.6) is 17.2 Å². The van der Waals surface area contributed by atoms with E-state index in [1.165, 1.54) is 4.90 Å². The summed E-state index contributed by atoms with van der Waals surface area (Å²) in [5, 5.41) is 11.2. The zero-order valence-corrected chi connectivity index (χ0v) is 21.7. The fraction of sp³-hybridized carbons (Fsp3) is 0.429. The van der Waals surface area contributed by atoms with Gasteiger partial charge < -0.3 is 29.1 Å². The number of carbonyl (C=O) groups excluding carboxylic acids is 2. The molecule has 1 saturated heterocycles. The summed E-state index contributed by atoms with van der Waals surface area (Å²) < 4.78 is 16.7. The Labute approximate surface area is 213 Å². The first-order valence-electron chi connectivity index (χ1n) is 12.2. The highest BCUT2D eigenvalue weighted by atomic mass is 16.5. The Morgan fingerprint density at radius 1 is 1.00 bits per heavy atom. The number of hydrogen-bond acceptors (Lipinski definition) is 7. The van der Waals surface area contributed by atoms with Crippen LogP contribution in [0, 0.1) is 0 Å².